The summed E-state index contributed by atoms with van der Waals surface area (Å²) < 4.78 is 0. The Bertz CT molecular complexity index is 456. The minimum Gasteiger partial charge on any atom is -0.222 e. The second-order valence-electron chi connectivity index (χ2n) is 2.43. The highest BCUT2D eigenvalue weighted by Gasteiger charge is 2.00. The molecule has 0 saturated carbocycles. The molecule has 0 aromatic heterocycles. The monoisotopic (exact) mass is 217 g/mol. The Hall–Kier alpha value is -2.64. The van der Waals surface area contributed by atoms with E-state index in [1.165, 1.54) is 12.2 Å². The van der Waals surface area contributed by atoms with E-state index in [0.29, 0.717) is 16.9 Å². The molecule has 0 bridgehead atoms. The van der Waals surface area contributed by atoms with E-state index in [0.717, 1.165) is 6.08 Å². The van der Waals surface area contributed by atoms with E-state index < -0.39 is 0 Å². The van der Waals surface area contributed by atoms with E-state index in [-0.39, 0.29) is 0 Å². The number of aliphatic imine (C=N–C) groups is 2. The Morgan fingerprint density at radius 3 is 1.75 bits per heavy atom. The van der Waals surface area contributed by atoms with Crippen molar-refractivity contribution >= 4 is 29.6 Å². The summed E-state index contributed by atoms with van der Waals surface area (Å²) in [7, 11) is 0. The summed E-state index contributed by atoms with van der Waals surface area (Å²) in [5.74, 6) is 0. The molecule has 1 aromatic carbocycles. The van der Waals surface area contributed by atoms with Gasteiger partial charge in [0.05, 0.1) is 11.4 Å². The molecule has 0 amide bonds. The molecule has 16 heavy (non-hydrogen) atoms. The summed E-state index contributed by atoms with van der Waals surface area (Å²) in [6, 6.07) is 4.94. The van der Waals surface area contributed by atoms with Crippen molar-refractivity contribution in [3.05, 3.63) is 23.8 Å². The zero-order valence-electron chi connectivity index (χ0n) is 8.35. The zero-order chi connectivity index (χ0) is 12.4. The minimum absolute atomic E-state index is 0.464. The van der Waals surface area contributed by atoms with Crippen LogP contribution in [0.1, 0.15) is 5.56 Å². The van der Waals surface area contributed by atoms with Crippen molar-refractivity contribution in [1.29, 1.82) is 5.41 Å². The summed E-state index contributed by atoms with van der Waals surface area (Å²) in [5, 5.41) is 5.40. The molecule has 1 aromatic rings. The van der Waals surface area contributed by atoms with Crippen LogP contribution in [0.3, 0.4) is 0 Å². The van der Waals surface area contributed by atoms with Gasteiger partial charge < -0.3 is 0 Å². The molecule has 0 saturated heterocycles. The Morgan fingerprint density at radius 1 is 1.06 bits per heavy atom. The lowest BCUT2D eigenvalue weighted by atomic mass is 10.1. The summed E-state index contributed by atoms with van der Waals surface area (Å²) in [5.41, 5.74) is 1.59. The molecule has 80 valence electrons. The van der Waals surface area contributed by atoms with Gasteiger partial charge in [-0.15, -0.1) is 0 Å². The molecule has 0 heterocycles. The molecule has 1 rings (SSSR count). The molecule has 0 aliphatic heterocycles. The van der Waals surface area contributed by atoms with E-state index in [1.54, 1.807) is 25.1 Å². The molecule has 0 spiro atoms. The van der Waals surface area contributed by atoms with Crippen LogP contribution in [0.15, 0.2) is 28.2 Å². The Labute approximate surface area is 90.9 Å². The maximum atomic E-state index is 10.00. The zero-order valence-corrected chi connectivity index (χ0v) is 8.35. The van der Waals surface area contributed by atoms with E-state index in [1.807, 2.05) is 0 Å². The number of nitrogens with one attached hydrogen (secondary N) is 1. The molecular formula is C10H7N3O3. The van der Waals surface area contributed by atoms with Gasteiger partial charge in [-0.3, -0.25) is 0 Å². The third-order valence-corrected chi connectivity index (χ3v) is 1.61. The van der Waals surface area contributed by atoms with E-state index in [9.17, 15) is 9.59 Å². The SMILES string of the molecule is Cc1c(N=C=O)cccc1N=C=O.N=C=O. The first kappa shape index (κ1) is 13.4. The highest BCUT2D eigenvalue weighted by Crippen LogP contribution is 2.26. The molecule has 0 aliphatic carbocycles. The second-order valence-corrected chi connectivity index (χ2v) is 2.43. The van der Waals surface area contributed by atoms with Gasteiger partial charge in [0.1, 0.15) is 0 Å². The standard InChI is InChI=1S/C9H6N2O2.CHNO/c1-7-8(10-5-12)3-2-4-9(7)11-6-13;2-1-3/h2-4H,1H3;2H. The van der Waals surface area contributed by atoms with Crippen molar-refractivity contribution in [3.63, 3.8) is 0 Å². The largest absolute Gasteiger partial charge is 0.240 e. The van der Waals surface area contributed by atoms with Crippen molar-refractivity contribution in [2.45, 2.75) is 6.92 Å². The number of carbonyl (C=O) groups excluding carboxylic acids is 3. The lowest BCUT2D eigenvalue weighted by Gasteiger charge is -1.99. The van der Waals surface area contributed by atoms with Crippen molar-refractivity contribution in [1.82, 2.24) is 0 Å². The number of isocyanates is 3. The normalized spacial score (nSPS) is 7.31. The lowest BCUT2D eigenvalue weighted by molar-refractivity contribution is 0.562. The molecule has 0 unspecified atom stereocenters. The van der Waals surface area contributed by atoms with Crippen LogP contribution in [0.5, 0.6) is 0 Å². The fourth-order valence-corrected chi connectivity index (χ4v) is 0.952. The summed E-state index contributed by atoms with van der Waals surface area (Å²) in [6.45, 7) is 1.71. The summed E-state index contributed by atoms with van der Waals surface area (Å²) in [4.78, 5) is 35.2. The molecule has 6 heteroatoms. The smallest absolute Gasteiger partial charge is 0.222 e. The maximum absolute atomic E-state index is 10.00. The summed E-state index contributed by atoms with van der Waals surface area (Å²) >= 11 is 0. The fraction of sp³-hybridized carbons (Fsp3) is 0.100. The van der Waals surface area contributed by atoms with Crippen molar-refractivity contribution in [2.24, 2.45) is 9.98 Å². The number of nitrogens with zero attached hydrogens (tertiary/aromatic N) is 2. The van der Waals surface area contributed by atoms with Crippen LogP contribution >= 0.6 is 0 Å². The third-order valence-electron chi connectivity index (χ3n) is 1.61. The van der Waals surface area contributed by atoms with Crippen molar-refractivity contribution < 1.29 is 14.4 Å². The molecule has 0 fully saturated rings. The van der Waals surface area contributed by atoms with Crippen LogP contribution in [0.25, 0.3) is 0 Å². The number of rotatable bonds is 2. The van der Waals surface area contributed by atoms with E-state index in [2.05, 4.69) is 9.98 Å². The lowest BCUT2D eigenvalue weighted by Crippen LogP contribution is -1.75. The molecule has 0 radical (unpaired) electrons. The van der Waals surface area contributed by atoms with Gasteiger partial charge in [0.25, 0.3) is 0 Å². The molecular weight excluding hydrogens is 210 g/mol. The van der Waals surface area contributed by atoms with Gasteiger partial charge in [0, 0.05) is 5.56 Å². The first-order chi connectivity index (χ1) is 7.71. The van der Waals surface area contributed by atoms with Gasteiger partial charge in [-0.1, -0.05) is 6.07 Å². The van der Waals surface area contributed by atoms with Crippen LogP contribution in [-0.4, -0.2) is 18.2 Å². The Kier molecular flexibility index (Phi) is 6.46. The van der Waals surface area contributed by atoms with E-state index >= 15 is 0 Å². The average Bonchev–Trinajstić information content (AvgIpc) is 2.26. The van der Waals surface area contributed by atoms with Gasteiger partial charge >= 0.3 is 0 Å². The first-order valence-corrected chi connectivity index (χ1v) is 4.00. The topological polar surface area (TPSA) is 99.8 Å². The molecule has 0 aliphatic rings. The second kappa shape index (κ2) is 7.74. The number of hydrogen-bond donors (Lipinski definition) is 1. The number of benzene rings is 1. The maximum Gasteiger partial charge on any atom is 0.240 e. The highest BCUT2D eigenvalue weighted by molar-refractivity contribution is 5.64. The van der Waals surface area contributed by atoms with Crippen LogP contribution in [-0.2, 0) is 14.4 Å². The molecule has 6 nitrogen and oxygen atoms in total. The molecule has 0 atom stereocenters. The van der Waals surface area contributed by atoms with Gasteiger partial charge in [0.15, 0.2) is 0 Å². The highest BCUT2D eigenvalue weighted by atomic mass is 16.1. The molecule has 1 N–H and O–H groups in total. The third kappa shape index (κ3) is 4.05. The van der Waals surface area contributed by atoms with Crippen LogP contribution in [0.2, 0.25) is 0 Å². The van der Waals surface area contributed by atoms with Gasteiger partial charge in [-0.2, -0.15) is 9.98 Å². The Balaban J connectivity index is 0.000000673. The predicted molar refractivity (Wildman–Crippen MR) is 55.2 cm³/mol. The first-order valence-electron chi connectivity index (χ1n) is 4.00. The minimum atomic E-state index is 0.464. The fourth-order valence-electron chi connectivity index (χ4n) is 0.952. The van der Waals surface area contributed by atoms with Crippen LogP contribution < -0.4 is 0 Å². The van der Waals surface area contributed by atoms with Gasteiger partial charge in [-0.05, 0) is 19.1 Å². The van der Waals surface area contributed by atoms with Crippen LogP contribution in [0.4, 0.5) is 11.4 Å². The van der Waals surface area contributed by atoms with Crippen molar-refractivity contribution in [3.8, 4) is 0 Å². The van der Waals surface area contributed by atoms with Gasteiger partial charge in [-0.25, -0.2) is 19.8 Å². The Morgan fingerprint density at radius 2 is 1.44 bits per heavy atom. The summed E-state index contributed by atoms with van der Waals surface area (Å²) in [6.07, 6.45) is 3.61. The van der Waals surface area contributed by atoms with Gasteiger partial charge in [0.2, 0.25) is 18.2 Å². The van der Waals surface area contributed by atoms with E-state index in [4.69, 9.17) is 10.2 Å². The predicted octanol–water partition coefficient (Wildman–Crippen LogP) is 1.83. The van der Waals surface area contributed by atoms with Crippen molar-refractivity contribution in [2.75, 3.05) is 0 Å². The number of hydrogen-bond acceptors (Lipinski definition) is 6. The van der Waals surface area contributed by atoms with Crippen LogP contribution in [0, 0.1) is 12.3 Å². The quantitative estimate of drug-likeness (QED) is 0.604. The average molecular weight is 217 g/mol.